The van der Waals surface area contributed by atoms with Crippen LogP contribution in [0.1, 0.15) is 44.8 Å². The average molecular weight is 440 g/mol. The van der Waals surface area contributed by atoms with Gasteiger partial charge in [0.2, 0.25) is 0 Å². The standard InChI is InChI=1S/C28H29N3O2/c1-13-14(2)16(4)26-21(15(13)3)23(18(6)31(26)8)25-24(27(32)29-28(25)33)22-17(5)30(7)20-12-10-9-11-19(20)22/h9-12H,1-8H3,(H,29,32,33). The van der Waals surface area contributed by atoms with Crippen LogP contribution in [0, 0.1) is 41.5 Å². The molecule has 0 fully saturated rings. The minimum Gasteiger partial charge on any atom is -0.347 e. The number of aryl methyl sites for hydroxylation is 4. The molecule has 2 aromatic carbocycles. The number of fused-ring (bicyclic) bond motifs is 2. The highest BCUT2D eigenvalue weighted by molar-refractivity contribution is 6.51. The van der Waals surface area contributed by atoms with Gasteiger partial charge in [-0.05, 0) is 69.9 Å². The van der Waals surface area contributed by atoms with Crippen molar-refractivity contribution in [3.8, 4) is 0 Å². The van der Waals surface area contributed by atoms with Crippen LogP contribution in [0.5, 0.6) is 0 Å². The monoisotopic (exact) mass is 439 g/mol. The first-order valence-electron chi connectivity index (χ1n) is 11.3. The van der Waals surface area contributed by atoms with Crippen molar-refractivity contribution in [3.63, 3.8) is 0 Å². The normalized spacial score (nSPS) is 14.3. The molecule has 5 heteroatoms. The molecule has 1 aliphatic rings. The Hall–Kier alpha value is -3.60. The van der Waals surface area contributed by atoms with E-state index in [1.54, 1.807) is 0 Å². The van der Waals surface area contributed by atoms with Crippen LogP contribution in [0.3, 0.4) is 0 Å². The predicted molar refractivity (Wildman–Crippen MR) is 134 cm³/mol. The van der Waals surface area contributed by atoms with Gasteiger partial charge >= 0.3 is 0 Å². The lowest BCUT2D eigenvalue weighted by Gasteiger charge is -2.13. The zero-order valence-electron chi connectivity index (χ0n) is 20.5. The largest absolute Gasteiger partial charge is 0.347 e. The summed E-state index contributed by atoms with van der Waals surface area (Å²) in [6.07, 6.45) is 0. The summed E-state index contributed by atoms with van der Waals surface area (Å²) in [6.45, 7) is 12.6. The number of para-hydroxylation sites is 1. The van der Waals surface area contributed by atoms with E-state index in [1.807, 2.05) is 52.2 Å². The number of hydrogen-bond donors (Lipinski definition) is 1. The molecule has 2 amide bonds. The molecule has 0 saturated heterocycles. The number of amides is 2. The second kappa shape index (κ2) is 6.95. The van der Waals surface area contributed by atoms with Gasteiger partial charge in [-0.3, -0.25) is 14.9 Å². The molecular formula is C28H29N3O2. The van der Waals surface area contributed by atoms with Gasteiger partial charge in [-0.15, -0.1) is 0 Å². The molecule has 0 saturated carbocycles. The van der Waals surface area contributed by atoms with Crippen molar-refractivity contribution in [1.29, 1.82) is 0 Å². The van der Waals surface area contributed by atoms with E-state index in [1.165, 1.54) is 16.7 Å². The van der Waals surface area contributed by atoms with Crippen molar-refractivity contribution in [3.05, 3.63) is 69.0 Å². The third kappa shape index (κ3) is 2.59. The molecule has 33 heavy (non-hydrogen) atoms. The maximum Gasteiger partial charge on any atom is 0.259 e. The van der Waals surface area contributed by atoms with Crippen LogP contribution in [0.4, 0.5) is 0 Å². The van der Waals surface area contributed by atoms with Gasteiger partial charge in [-0.25, -0.2) is 0 Å². The Morgan fingerprint density at radius 3 is 1.88 bits per heavy atom. The number of carbonyl (C=O) groups is 2. The Morgan fingerprint density at radius 2 is 1.21 bits per heavy atom. The van der Waals surface area contributed by atoms with E-state index in [0.29, 0.717) is 11.1 Å². The van der Waals surface area contributed by atoms with E-state index in [4.69, 9.17) is 0 Å². The van der Waals surface area contributed by atoms with Crippen LogP contribution in [0.15, 0.2) is 24.3 Å². The number of nitrogens with one attached hydrogen (secondary N) is 1. The molecule has 5 nitrogen and oxygen atoms in total. The quantitative estimate of drug-likeness (QED) is 0.443. The first-order valence-corrected chi connectivity index (χ1v) is 11.3. The van der Waals surface area contributed by atoms with Gasteiger partial charge in [0.1, 0.15) is 0 Å². The fraction of sp³-hybridized carbons (Fsp3) is 0.286. The SMILES string of the molecule is Cc1c(C)c(C)c2c(c1C)c(C1=C(c3c(C)n(C)c4ccccc34)C(=O)NC1=O)c(C)n2C. The summed E-state index contributed by atoms with van der Waals surface area (Å²) in [7, 11) is 4.04. The zero-order valence-corrected chi connectivity index (χ0v) is 20.5. The lowest BCUT2D eigenvalue weighted by Crippen LogP contribution is -2.23. The molecule has 0 unspecified atom stereocenters. The first-order chi connectivity index (χ1) is 15.6. The molecular weight excluding hydrogens is 410 g/mol. The van der Waals surface area contributed by atoms with Gasteiger partial charge in [-0.1, -0.05) is 18.2 Å². The van der Waals surface area contributed by atoms with Crippen molar-refractivity contribution in [2.75, 3.05) is 0 Å². The second-order valence-corrected chi connectivity index (χ2v) is 9.31. The Labute approximate surface area is 193 Å². The van der Waals surface area contributed by atoms with E-state index in [2.05, 4.69) is 42.1 Å². The number of benzene rings is 2. The highest BCUT2D eigenvalue weighted by Gasteiger charge is 2.37. The van der Waals surface area contributed by atoms with Gasteiger partial charge in [0.25, 0.3) is 11.8 Å². The summed E-state index contributed by atoms with van der Waals surface area (Å²) in [5.41, 5.74) is 11.6. The lowest BCUT2D eigenvalue weighted by atomic mass is 9.88. The number of imide groups is 1. The Kier molecular flexibility index (Phi) is 4.47. The molecule has 3 heterocycles. The van der Waals surface area contributed by atoms with E-state index >= 15 is 0 Å². The number of aromatic nitrogens is 2. The van der Waals surface area contributed by atoms with Crippen LogP contribution >= 0.6 is 0 Å². The van der Waals surface area contributed by atoms with Crippen LogP contribution < -0.4 is 5.32 Å². The van der Waals surface area contributed by atoms with Crippen molar-refractivity contribution in [1.82, 2.24) is 14.5 Å². The van der Waals surface area contributed by atoms with Crippen molar-refractivity contribution < 1.29 is 9.59 Å². The van der Waals surface area contributed by atoms with E-state index in [9.17, 15) is 9.59 Å². The van der Waals surface area contributed by atoms with Gasteiger partial charge < -0.3 is 9.13 Å². The van der Waals surface area contributed by atoms with Crippen molar-refractivity contribution in [2.45, 2.75) is 41.5 Å². The third-order valence-corrected chi connectivity index (χ3v) is 7.94. The Bertz CT molecular complexity index is 1590. The van der Waals surface area contributed by atoms with Crippen LogP contribution in [0.25, 0.3) is 33.0 Å². The average Bonchev–Trinajstić information content (AvgIpc) is 3.32. The highest BCUT2D eigenvalue weighted by atomic mass is 16.2. The third-order valence-electron chi connectivity index (χ3n) is 7.94. The van der Waals surface area contributed by atoms with Crippen molar-refractivity contribution >= 4 is 44.8 Å². The topological polar surface area (TPSA) is 56.0 Å². The van der Waals surface area contributed by atoms with Crippen LogP contribution in [-0.4, -0.2) is 20.9 Å². The molecule has 168 valence electrons. The summed E-state index contributed by atoms with van der Waals surface area (Å²) < 4.78 is 4.25. The van der Waals surface area contributed by atoms with E-state index in [0.717, 1.165) is 49.9 Å². The van der Waals surface area contributed by atoms with Gasteiger partial charge in [0, 0.05) is 52.9 Å². The van der Waals surface area contributed by atoms with E-state index < -0.39 is 0 Å². The summed E-state index contributed by atoms with van der Waals surface area (Å²) in [5, 5.41) is 4.65. The number of nitrogens with zero attached hydrogens (tertiary/aromatic N) is 2. The maximum absolute atomic E-state index is 13.4. The molecule has 0 radical (unpaired) electrons. The Morgan fingerprint density at radius 1 is 0.667 bits per heavy atom. The molecule has 1 aliphatic heterocycles. The van der Waals surface area contributed by atoms with Gasteiger partial charge in [0.05, 0.1) is 16.7 Å². The molecule has 0 bridgehead atoms. The second-order valence-electron chi connectivity index (χ2n) is 9.31. The fourth-order valence-electron chi connectivity index (χ4n) is 5.61. The molecule has 5 rings (SSSR count). The molecule has 0 atom stereocenters. The van der Waals surface area contributed by atoms with E-state index in [-0.39, 0.29) is 11.8 Å². The molecule has 1 N–H and O–H groups in total. The fourth-order valence-corrected chi connectivity index (χ4v) is 5.61. The number of carbonyl (C=O) groups excluding carboxylic acids is 2. The van der Waals surface area contributed by atoms with Gasteiger partial charge in [-0.2, -0.15) is 0 Å². The number of hydrogen-bond acceptors (Lipinski definition) is 2. The van der Waals surface area contributed by atoms with Crippen LogP contribution in [-0.2, 0) is 23.7 Å². The van der Waals surface area contributed by atoms with Gasteiger partial charge in [0.15, 0.2) is 0 Å². The molecule has 0 aliphatic carbocycles. The summed E-state index contributed by atoms with van der Waals surface area (Å²) in [6, 6.07) is 8.04. The zero-order chi connectivity index (χ0) is 23.9. The maximum atomic E-state index is 13.4. The Balaban J connectivity index is 2.00. The minimum absolute atomic E-state index is 0.326. The van der Waals surface area contributed by atoms with Crippen LogP contribution in [0.2, 0.25) is 0 Å². The highest BCUT2D eigenvalue weighted by Crippen LogP contribution is 2.44. The first kappa shape index (κ1) is 21.3. The molecule has 2 aromatic heterocycles. The van der Waals surface area contributed by atoms with Crippen molar-refractivity contribution in [2.24, 2.45) is 14.1 Å². The summed E-state index contributed by atoms with van der Waals surface area (Å²) >= 11 is 0. The lowest BCUT2D eigenvalue weighted by molar-refractivity contribution is -0.122. The molecule has 0 spiro atoms. The summed E-state index contributed by atoms with van der Waals surface area (Å²) in [4.78, 5) is 26.7. The summed E-state index contributed by atoms with van der Waals surface area (Å²) in [5.74, 6) is -0.655. The predicted octanol–water partition coefficient (Wildman–Crippen LogP) is 5.09. The molecule has 4 aromatic rings. The minimum atomic E-state index is -0.330. The smallest absolute Gasteiger partial charge is 0.259 e. The number of rotatable bonds is 2.